The van der Waals surface area contributed by atoms with Crippen LogP contribution in [-0.4, -0.2) is 37.2 Å². The first-order valence-electron chi connectivity index (χ1n) is 6.91. The van der Waals surface area contributed by atoms with Crippen molar-refractivity contribution in [1.82, 2.24) is 4.90 Å². The smallest absolute Gasteiger partial charge is 0.321 e. The molecule has 0 fully saturated rings. The molecule has 0 spiro atoms. The summed E-state index contributed by atoms with van der Waals surface area (Å²) in [4.78, 5) is 13.6. The summed E-state index contributed by atoms with van der Waals surface area (Å²) < 4.78 is 17.7. The molecule has 0 saturated heterocycles. The molecule has 3 N–H and O–H groups in total. The molecule has 0 bridgehead atoms. The van der Waals surface area contributed by atoms with Gasteiger partial charge in [-0.3, -0.25) is 0 Å². The average Bonchev–Trinajstić information content (AvgIpc) is 2.51. The number of nitrogens with zero attached hydrogens (tertiary/aromatic N) is 1. The Balaban J connectivity index is 2.56. The van der Waals surface area contributed by atoms with E-state index in [1.165, 1.54) is 0 Å². The van der Waals surface area contributed by atoms with Crippen LogP contribution < -0.4 is 15.8 Å². The van der Waals surface area contributed by atoms with Gasteiger partial charge in [0.1, 0.15) is 12.4 Å². The van der Waals surface area contributed by atoms with E-state index in [0.29, 0.717) is 36.4 Å². The molecular weight excluding hydrogens is 273 g/mol. The van der Waals surface area contributed by atoms with Gasteiger partial charge in [0, 0.05) is 30.9 Å². The highest BCUT2D eigenvalue weighted by atomic mass is 19.1. The fraction of sp³-hybridized carbons (Fsp3) is 0.400. The lowest BCUT2D eigenvalue weighted by Gasteiger charge is -2.19. The SMILES string of the molecule is CCN(CC)C(=O)Nc1ccc(OCC(=CF)CN)cc1. The second-order valence-electron chi connectivity index (χ2n) is 4.39. The Kier molecular flexibility index (Phi) is 7.25. The molecule has 0 saturated carbocycles. The Morgan fingerprint density at radius 3 is 2.43 bits per heavy atom. The lowest BCUT2D eigenvalue weighted by molar-refractivity contribution is 0.217. The molecule has 0 unspecified atom stereocenters. The van der Waals surface area contributed by atoms with Crippen LogP contribution in [0.15, 0.2) is 36.2 Å². The average molecular weight is 295 g/mol. The highest BCUT2D eigenvalue weighted by molar-refractivity contribution is 5.89. The van der Waals surface area contributed by atoms with Crippen LogP contribution in [0.1, 0.15) is 13.8 Å². The fourth-order valence-electron chi connectivity index (χ4n) is 1.66. The summed E-state index contributed by atoms with van der Waals surface area (Å²) in [6.07, 6.45) is 0.457. The zero-order valence-corrected chi connectivity index (χ0v) is 12.4. The maximum Gasteiger partial charge on any atom is 0.321 e. The van der Waals surface area contributed by atoms with Crippen molar-refractivity contribution >= 4 is 11.7 Å². The van der Waals surface area contributed by atoms with Gasteiger partial charge in [0.2, 0.25) is 0 Å². The minimum atomic E-state index is -0.139. The quantitative estimate of drug-likeness (QED) is 0.812. The van der Waals surface area contributed by atoms with Gasteiger partial charge in [0.15, 0.2) is 0 Å². The number of urea groups is 1. The van der Waals surface area contributed by atoms with Gasteiger partial charge in [0.05, 0.1) is 6.33 Å². The molecule has 1 aromatic carbocycles. The standard InChI is InChI=1S/C15H22FN3O2/c1-3-19(4-2)15(20)18-13-5-7-14(8-6-13)21-11-12(9-16)10-17/h5-9H,3-4,10-11,17H2,1-2H3,(H,18,20). The van der Waals surface area contributed by atoms with Crippen molar-refractivity contribution in [2.75, 3.05) is 31.6 Å². The van der Waals surface area contributed by atoms with Crippen molar-refractivity contribution in [3.8, 4) is 5.75 Å². The lowest BCUT2D eigenvalue weighted by Crippen LogP contribution is -2.34. The van der Waals surface area contributed by atoms with E-state index in [0.717, 1.165) is 0 Å². The largest absolute Gasteiger partial charge is 0.489 e. The first-order valence-corrected chi connectivity index (χ1v) is 6.91. The number of carbonyl (C=O) groups excluding carboxylic acids is 1. The third kappa shape index (κ3) is 5.43. The van der Waals surface area contributed by atoms with E-state index in [-0.39, 0.29) is 19.2 Å². The number of nitrogens with two attached hydrogens (primary N) is 1. The second-order valence-corrected chi connectivity index (χ2v) is 4.39. The number of benzene rings is 1. The number of amides is 2. The Morgan fingerprint density at radius 1 is 1.33 bits per heavy atom. The van der Waals surface area contributed by atoms with Crippen LogP contribution in [0.25, 0.3) is 0 Å². The molecule has 21 heavy (non-hydrogen) atoms. The molecule has 1 rings (SSSR count). The summed E-state index contributed by atoms with van der Waals surface area (Å²) in [5.41, 5.74) is 6.40. The molecule has 116 valence electrons. The highest BCUT2D eigenvalue weighted by Gasteiger charge is 2.09. The minimum absolute atomic E-state index is 0.109. The van der Waals surface area contributed by atoms with E-state index in [2.05, 4.69) is 5.32 Å². The van der Waals surface area contributed by atoms with Crippen LogP contribution in [0.5, 0.6) is 5.75 Å². The van der Waals surface area contributed by atoms with Gasteiger partial charge in [-0.25, -0.2) is 9.18 Å². The van der Waals surface area contributed by atoms with Crippen molar-refractivity contribution in [3.05, 3.63) is 36.2 Å². The molecule has 0 aromatic heterocycles. The molecule has 0 aliphatic rings. The summed E-state index contributed by atoms with van der Waals surface area (Å²) >= 11 is 0. The lowest BCUT2D eigenvalue weighted by atomic mass is 10.3. The van der Waals surface area contributed by atoms with Gasteiger partial charge < -0.3 is 20.7 Å². The fourth-order valence-corrected chi connectivity index (χ4v) is 1.66. The number of halogens is 1. The van der Waals surface area contributed by atoms with Crippen molar-refractivity contribution < 1.29 is 13.9 Å². The Morgan fingerprint density at radius 2 is 1.95 bits per heavy atom. The van der Waals surface area contributed by atoms with E-state index in [4.69, 9.17) is 10.5 Å². The zero-order chi connectivity index (χ0) is 15.7. The number of nitrogens with one attached hydrogen (secondary N) is 1. The van der Waals surface area contributed by atoms with E-state index in [9.17, 15) is 9.18 Å². The van der Waals surface area contributed by atoms with Crippen LogP contribution in [0.3, 0.4) is 0 Å². The summed E-state index contributed by atoms with van der Waals surface area (Å²) in [6.45, 7) is 5.38. The van der Waals surface area contributed by atoms with Crippen molar-refractivity contribution in [2.24, 2.45) is 5.73 Å². The second kappa shape index (κ2) is 8.97. The van der Waals surface area contributed by atoms with E-state index in [1.54, 1.807) is 29.2 Å². The third-order valence-corrected chi connectivity index (χ3v) is 3.00. The number of ether oxygens (including phenoxy) is 1. The predicted molar refractivity (Wildman–Crippen MR) is 82.1 cm³/mol. The van der Waals surface area contributed by atoms with E-state index >= 15 is 0 Å². The molecule has 6 heteroatoms. The molecule has 0 aliphatic carbocycles. The molecule has 1 aromatic rings. The normalized spacial score (nSPS) is 11.1. The van der Waals surface area contributed by atoms with Crippen molar-refractivity contribution in [2.45, 2.75) is 13.8 Å². The molecule has 2 amide bonds. The highest BCUT2D eigenvalue weighted by Crippen LogP contribution is 2.16. The molecule has 0 atom stereocenters. The Labute approximate surface area is 124 Å². The minimum Gasteiger partial charge on any atom is -0.489 e. The van der Waals surface area contributed by atoms with E-state index in [1.807, 2.05) is 13.8 Å². The summed E-state index contributed by atoms with van der Waals surface area (Å²) in [6, 6.07) is 6.75. The summed E-state index contributed by atoms with van der Waals surface area (Å²) in [5.74, 6) is 0.587. The predicted octanol–water partition coefficient (Wildman–Crippen LogP) is 2.75. The number of hydrogen-bond acceptors (Lipinski definition) is 3. The van der Waals surface area contributed by atoms with Crippen LogP contribution >= 0.6 is 0 Å². The maximum absolute atomic E-state index is 12.3. The van der Waals surface area contributed by atoms with Crippen LogP contribution in [0, 0.1) is 0 Å². The van der Waals surface area contributed by atoms with E-state index < -0.39 is 0 Å². The first-order chi connectivity index (χ1) is 10.1. The number of hydrogen-bond donors (Lipinski definition) is 2. The zero-order valence-electron chi connectivity index (χ0n) is 12.4. The number of carbonyl (C=O) groups is 1. The van der Waals surface area contributed by atoms with Gasteiger partial charge in [-0.05, 0) is 38.1 Å². The van der Waals surface area contributed by atoms with Crippen molar-refractivity contribution in [3.63, 3.8) is 0 Å². The van der Waals surface area contributed by atoms with Gasteiger partial charge in [-0.15, -0.1) is 0 Å². The molecule has 5 nitrogen and oxygen atoms in total. The summed E-state index contributed by atoms with van der Waals surface area (Å²) in [5, 5.41) is 2.80. The van der Waals surface area contributed by atoms with Crippen LogP contribution in [0.2, 0.25) is 0 Å². The van der Waals surface area contributed by atoms with Gasteiger partial charge in [0.25, 0.3) is 0 Å². The first kappa shape index (κ1) is 17.0. The van der Waals surface area contributed by atoms with Crippen LogP contribution in [-0.2, 0) is 0 Å². The maximum atomic E-state index is 12.3. The number of rotatable bonds is 7. The summed E-state index contributed by atoms with van der Waals surface area (Å²) in [7, 11) is 0. The molecule has 0 radical (unpaired) electrons. The molecular formula is C15H22FN3O2. The Hall–Kier alpha value is -2.08. The van der Waals surface area contributed by atoms with Gasteiger partial charge in [-0.2, -0.15) is 0 Å². The molecule has 0 aliphatic heterocycles. The molecule has 0 heterocycles. The van der Waals surface area contributed by atoms with Gasteiger partial charge >= 0.3 is 6.03 Å². The van der Waals surface area contributed by atoms with Crippen LogP contribution in [0.4, 0.5) is 14.9 Å². The third-order valence-electron chi connectivity index (χ3n) is 3.00. The topological polar surface area (TPSA) is 67.6 Å². The Bertz CT molecular complexity index is 470. The van der Waals surface area contributed by atoms with Crippen molar-refractivity contribution in [1.29, 1.82) is 0 Å². The number of anilines is 1. The monoisotopic (exact) mass is 295 g/mol. The van der Waals surface area contributed by atoms with Gasteiger partial charge in [-0.1, -0.05) is 0 Å².